The van der Waals surface area contributed by atoms with Crippen LogP contribution in [0, 0.1) is 6.92 Å². The van der Waals surface area contributed by atoms with Crippen LogP contribution in [0.15, 0.2) is 42.5 Å². The van der Waals surface area contributed by atoms with E-state index in [0.717, 1.165) is 23.1 Å². The van der Waals surface area contributed by atoms with Gasteiger partial charge in [0, 0.05) is 12.0 Å². The molecule has 2 aliphatic rings. The van der Waals surface area contributed by atoms with Gasteiger partial charge in [0.05, 0.1) is 19.3 Å². The molecule has 0 aliphatic carbocycles. The normalized spacial score (nSPS) is 30.5. The molecule has 5 heteroatoms. The van der Waals surface area contributed by atoms with Gasteiger partial charge in [-0.05, 0) is 36.1 Å². The molecule has 4 atom stereocenters. The third-order valence-electron chi connectivity index (χ3n) is 5.35. The molecular formula is C21H24O5. The van der Waals surface area contributed by atoms with E-state index in [2.05, 4.69) is 43.3 Å². The molecule has 0 radical (unpaired) electrons. The molecule has 4 rings (SSSR count). The van der Waals surface area contributed by atoms with E-state index >= 15 is 0 Å². The molecule has 2 aromatic rings. The summed E-state index contributed by atoms with van der Waals surface area (Å²) in [6.45, 7) is 2.08. The molecule has 3 N–H and O–H groups in total. The maximum atomic E-state index is 10.2. The number of benzene rings is 2. The molecule has 2 heterocycles. The number of hydrogen-bond donors (Lipinski definition) is 3. The van der Waals surface area contributed by atoms with Crippen molar-refractivity contribution in [2.24, 2.45) is 0 Å². The van der Waals surface area contributed by atoms with Crippen molar-refractivity contribution in [3.05, 3.63) is 70.3 Å². The lowest BCUT2D eigenvalue weighted by atomic mass is 9.88. The first-order valence-corrected chi connectivity index (χ1v) is 8.97. The largest absolute Gasteiger partial charge is 0.394 e. The van der Waals surface area contributed by atoms with Gasteiger partial charge in [-0.3, -0.25) is 0 Å². The molecule has 0 aromatic heterocycles. The molecule has 1 spiro atoms. The van der Waals surface area contributed by atoms with E-state index in [1.165, 1.54) is 11.1 Å². The van der Waals surface area contributed by atoms with Crippen LogP contribution in [0.25, 0.3) is 0 Å². The van der Waals surface area contributed by atoms with Gasteiger partial charge in [0.1, 0.15) is 12.2 Å². The summed E-state index contributed by atoms with van der Waals surface area (Å²) >= 11 is 0. The standard InChI is InChI=1S/C21H24O5/c1-13-2-4-14(5-3-13)8-15-6-7-16-12-25-21(17(16)9-15)10-18(23)20(24)19(11-22)26-21/h2-7,9,18-20,22-24H,8,10-12H2,1H3/t18-,19-,20+,21-/m1/s1. The number of aliphatic hydroxyl groups excluding tert-OH is 3. The zero-order chi connectivity index (χ0) is 18.3. The first kappa shape index (κ1) is 17.6. The maximum absolute atomic E-state index is 10.2. The zero-order valence-electron chi connectivity index (χ0n) is 14.8. The minimum atomic E-state index is -1.12. The van der Waals surface area contributed by atoms with E-state index in [0.29, 0.717) is 6.61 Å². The number of aryl methyl sites for hydroxylation is 1. The average molecular weight is 356 g/mol. The average Bonchev–Trinajstić information content (AvgIpc) is 2.98. The molecule has 0 bridgehead atoms. The van der Waals surface area contributed by atoms with Crippen LogP contribution in [0.1, 0.15) is 34.2 Å². The third kappa shape index (κ3) is 3.06. The summed E-state index contributed by atoms with van der Waals surface area (Å²) in [5, 5.41) is 29.7. The molecule has 26 heavy (non-hydrogen) atoms. The second-order valence-corrected chi connectivity index (χ2v) is 7.30. The number of rotatable bonds is 3. The highest BCUT2D eigenvalue weighted by atomic mass is 16.7. The third-order valence-corrected chi connectivity index (χ3v) is 5.35. The van der Waals surface area contributed by atoms with E-state index in [1.54, 1.807) is 0 Å². The number of hydrogen-bond acceptors (Lipinski definition) is 5. The minimum absolute atomic E-state index is 0.144. The monoisotopic (exact) mass is 356 g/mol. The Morgan fingerprint density at radius 1 is 1.08 bits per heavy atom. The second kappa shape index (κ2) is 6.76. The lowest BCUT2D eigenvalue weighted by Gasteiger charge is -2.42. The Hall–Kier alpha value is -1.76. The van der Waals surface area contributed by atoms with Crippen LogP contribution in [0.2, 0.25) is 0 Å². The van der Waals surface area contributed by atoms with Gasteiger partial charge in [-0.1, -0.05) is 42.0 Å². The molecule has 5 nitrogen and oxygen atoms in total. The van der Waals surface area contributed by atoms with Gasteiger partial charge >= 0.3 is 0 Å². The predicted molar refractivity (Wildman–Crippen MR) is 95.5 cm³/mol. The number of aliphatic hydroxyl groups is 3. The van der Waals surface area contributed by atoms with Gasteiger partial charge in [0.25, 0.3) is 0 Å². The first-order chi connectivity index (χ1) is 12.5. The lowest BCUT2D eigenvalue weighted by molar-refractivity contribution is -0.326. The summed E-state index contributed by atoms with van der Waals surface area (Å²) in [6.07, 6.45) is -2.06. The summed E-state index contributed by atoms with van der Waals surface area (Å²) in [6, 6.07) is 14.6. The van der Waals surface area contributed by atoms with Gasteiger partial charge in [-0.25, -0.2) is 0 Å². The fraction of sp³-hybridized carbons (Fsp3) is 0.429. The molecule has 1 fully saturated rings. The lowest BCUT2D eigenvalue weighted by Crippen LogP contribution is -2.54. The SMILES string of the molecule is Cc1ccc(Cc2ccc3c(c2)[C@]2(C[C@@H](O)[C@H](O)[C@@H](CO)O2)OC3)cc1. The Balaban J connectivity index is 1.64. The first-order valence-electron chi connectivity index (χ1n) is 8.97. The van der Waals surface area contributed by atoms with Crippen LogP contribution in [0.3, 0.4) is 0 Å². The number of ether oxygens (including phenoxy) is 2. The Morgan fingerprint density at radius 2 is 1.81 bits per heavy atom. The van der Waals surface area contributed by atoms with Crippen LogP contribution < -0.4 is 0 Å². The van der Waals surface area contributed by atoms with Crippen molar-refractivity contribution in [1.82, 2.24) is 0 Å². The van der Waals surface area contributed by atoms with E-state index in [4.69, 9.17) is 9.47 Å². The molecule has 0 saturated carbocycles. The van der Waals surface area contributed by atoms with Crippen molar-refractivity contribution in [1.29, 1.82) is 0 Å². The summed E-state index contributed by atoms with van der Waals surface area (Å²) in [5.74, 6) is -1.11. The Bertz CT molecular complexity index is 787. The van der Waals surface area contributed by atoms with Crippen LogP contribution in [0.4, 0.5) is 0 Å². The van der Waals surface area contributed by atoms with Crippen LogP contribution in [0.5, 0.6) is 0 Å². The molecule has 2 aliphatic heterocycles. The van der Waals surface area contributed by atoms with Crippen molar-refractivity contribution < 1.29 is 24.8 Å². The highest BCUT2D eigenvalue weighted by molar-refractivity contribution is 5.40. The Labute approximate surface area is 152 Å². The van der Waals surface area contributed by atoms with Crippen molar-refractivity contribution in [2.45, 2.75) is 50.5 Å². The minimum Gasteiger partial charge on any atom is -0.394 e. The van der Waals surface area contributed by atoms with Crippen molar-refractivity contribution in [3.8, 4) is 0 Å². The van der Waals surface area contributed by atoms with Crippen molar-refractivity contribution >= 4 is 0 Å². The zero-order valence-corrected chi connectivity index (χ0v) is 14.8. The highest BCUT2D eigenvalue weighted by Gasteiger charge is 2.51. The van der Waals surface area contributed by atoms with Crippen LogP contribution >= 0.6 is 0 Å². The van der Waals surface area contributed by atoms with E-state index in [-0.39, 0.29) is 13.0 Å². The van der Waals surface area contributed by atoms with Gasteiger partial charge in [0.15, 0.2) is 5.79 Å². The summed E-state index contributed by atoms with van der Waals surface area (Å²) in [5.41, 5.74) is 5.47. The Kier molecular flexibility index (Phi) is 4.59. The smallest absolute Gasteiger partial charge is 0.198 e. The van der Waals surface area contributed by atoms with Gasteiger partial charge in [0.2, 0.25) is 0 Å². The fourth-order valence-corrected chi connectivity index (χ4v) is 3.85. The Morgan fingerprint density at radius 3 is 2.54 bits per heavy atom. The topological polar surface area (TPSA) is 79.2 Å². The molecule has 0 unspecified atom stereocenters. The maximum Gasteiger partial charge on any atom is 0.198 e. The quantitative estimate of drug-likeness (QED) is 0.781. The molecule has 138 valence electrons. The molecular weight excluding hydrogens is 332 g/mol. The summed E-state index contributed by atoms with van der Waals surface area (Å²) in [7, 11) is 0. The summed E-state index contributed by atoms with van der Waals surface area (Å²) < 4.78 is 11.9. The predicted octanol–water partition coefficient (Wildman–Crippen LogP) is 1.77. The van der Waals surface area contributed by atoms with Crippen molar-refractivity contribution in [2.75, 3.05) is 6.61 Å². The van der Waals surface area contributed by atoms with Gasteiger partial charge in [-0.2, -0.15) is 0 Å². The fourth-order valence-electron chi connectivity index (χ4n) is 3.85. The molecule has 1 saturated heterocycles. The van der Waals surface area contributed by atoms with Crippen molar-refractivity contribution in [3.63, 3.8) is 0 Å². The van der Waals surface area contributed by atoms with Crippen LogP contribution in [-0.2, 0) is 28.3 Å². The number of fused-ring (bicyclic) bond motifs is 2. The molecule has 2 aromatic carbocycles. The van der Waals surface area contributed by atoms with Crippen LogP contribution in [-0.4, -0.2) is 40.2 Å². The van der Waals surface area contributed by atoms with Gasteiger partial charge in [-0.15, -0.1) is 0 Å². The second-order valence-electron chi connectivity index (χ2n) is 7.30. The van der Waals surface area contributed by atoms with E-state index in [9.17, 15) is 15.3 Å². The van der Waals surface area contributed by atoms with E-state index < -0.39 is 24.1 Å². The highest BCUT2D eigenvalue weighted by Crippen LogP contribution is 2.45. The van der Waals surface area contributed by atoms with E-state index in [1.807, 2.05) is 6.07 Å². The molecule has 0 amide bonds. The van der Waals surface area contributed by atoms with Gasteiger partial charge < -0.3 is 24.8 Å². The summed E-state index contributed by atoms with van der Waals surface area (Å²) in [4.78, 5) is 0.